The Morgan fingerprint density at radius 2 is 1.15 bits per heavy atom. The van der Waals surface area contributed by atoms with E-state index in [0.29, 0.717) is 0 Å². The summed E-state index contributed by atoms with van der Waals surface area (Å²) in [6.45, 7) is 16.3. The summed E-state index contributed by atoms with van der Waals surface area (Å²) in [5.41, 5.74) is 16.7. The Kier molecular flexibility index (Phi) is 11.1. The van der Waals surface area contributed by atoms with Crippen LogP contribution in [0.5, 0.6) is 0 Å². The van der Waals surface area contributed by atoms with Crippen molar-refractivity contribution in [2.45, 2.75) is 103 Å². The molecule has 0 radical (unpaired) electrons. The molecular formula is C62H60N2O4. The highest BCUT2D eigenvalue weighted by Crippen LogP contribution is 2.53. The van der Waals surface area contributed by atoms with E-state index in [1.807, 2.05) is 38.1 Å². The van der Waals surface area contributed by atoms with Crippen molar-refractivity contribution >= 4 is 46.3 Å². The molecule has 1 heterocycles. The number of carboxylic acid groups (broad SMARTS) is 1. The highest BCUT2D eigenvalue weighted by molar-refractivity contribution is 6.24. The van der Waals surface area contributed by atoms with E-state index < -0.39 is 11.4 Å². The van der Waals surface area contributed by atoms with Crippen LogP contribution >= 0.6 is 0 Å². The van der Waals surface area contributed by atoms with Crippen molar-refractivity contribution in [1.82, 2.24) is 0 Å². The number of carbonyl (C=O) groups excluding carboxylic acids is 1. The molecule has 0 amide bonds. The molecule has 3 aliphatic carbocycles. The number of carboxylic acids is 1. The van der Waals surface area contributed by atoms with Crippen molar-refractivity contribution in [3.63, 3.8) is 0 Å². The molecule has 1 N–H and O–H groups in total. The summed E-state index contributed by atoms with van der Waals surface area (Å²) >= 11 is 0. The van der Waals surface area contributed by atoms with Crippen LogP contribution in [-0.2, 0) is 21.0 Å². The van der Waals surface area contributed by atoms with E-state index in [0.717, 1.165) is 65.4 Å². The molecular weight excluding hydrogens is 837 g/mol. The highest BCUT2D eigenvalue weighted by Gasteiger charge is 2.46. The van der Waals surface area contributed by atoms with Gasteiger partial charge in [-0.15, -0.1) is 0 Å². The quantitative estimate of drug-likeness (QED) is 0.0669. The number of unbranched alkanes of at least 4 members (excludes halogenated alkanes) is 5. The third-order valence-corrected chi connectivity index (χ3v) is 15.4. The number of allylic oxidation sites excluding steroid dienone is 4. The number of carbonyl (C=O) groups is 2. The van der Waals surface area contributed by atoms with Gasteiger partial charge in [0.05, 0.1) is 11.0 Å². The number of ketones is 1. The van der Waals surface area contributed by atoms with Crippen LogP contribution in [-0.4, -0.2) is 33.7 Å². The van der Waals surface area contributed by atoms with Crippen LogP contribution in [0.2, 0.25) is 0 Å². The molecule has 68 heavy (non-hydrogen) atoms. The van der Waals surface area contributed by atoms with Crippen LogP contribution in [0.15, 0.2) is 156 Å². The fourth-order valence-electron chi connectivity index (χ4n) is 11.4. The minimum absolute atomic E-state index is 0.162. The molecule has 0 aromatic heterocycles. The lowest BCUT2D eigenvalue weighted by molar-refractivity contribution is -0.438. The number of fused-ring (bicyclic) bond motifs is 7. The molecule has 342 valence electrons. The van der Waals surface area contributed by atoms with Crippen molar-refractivity contribution in [2.75, 3.05) is 11.4 Å². The second-order valence-corrected chi connectivity index (χ2v) is 20.7. The molecule has 6 aromatic carbocycles. The lowest BCUT2D eigenvalue weighted by atomic mass is 9.78. The lowest BCUT2D eigenvalue weighted by Crippen LogP contribution is -2.34. The summed E-state index contributed by atoms with van der Waals surface area (Å²) in [4.78, 5) is 28.2. The zero-order chi connectivity index (χ0) is 47.7. The molecule has 10 rings (SSSR count). The van der Waals surface area contributed by atoms with Crippen molar-refractivity contribution in [1.29, 1.82) is 0 Å². The average Bonchev–Trinajstić information content (AvgIpc) is 3.80. The summed E-state index contributed by atoms with van der Waals surface area (Å²) < 4.78 is 2.19. The third kappa shape index (κ3) is 7.28. The van der Waals surface area contributed by atoms with Gasteiger partial charge in [0.1, 0.15) is 6.54 Å². The summed E-state index contributed by atoms with van der Waals surface area (Å²) in [6.07, 6.45) is 12.1. The van der Waals surface area contributed by atoms with E-state index >= 15 is 0 Å². The van der Waals surface area contributed by atoms with Gasteiger partial charge < -0.3 is 15.1 Å². The SMILES string of the molecule is CCCCCCCC[N+]1=C(/C=C2/C(=O)C(/C=C/c3ccc(N(c4ccc5c(c4)C(C)(C)c4ccccc4-5)c4ccc5c(c4)C(C)(C)c4ccccc4-5)cc3)=C2[O-])C(C)(C)c2cc(C(=O)O)ccc21. The van der Waals surface area contributed by atoms with E-state index in [1.54, 1.807) is 24.3 Å². The van der Waals surface area contributed by atoms with E-state index in [4.69, 9.17) is 0 Å². The molecule has 1 aliphatic heterocycles. The van der Waals surface area contributed by atoms with Gasteiger partial charge >= 0.3 is 5.97 Å². The first kappa shape index (κ1) is 44.8. The highest BCUT2D eigenvalue weighted by atomic mass is 16.4. The van der Waals surface area contributed by atoms with Gasteiger partial charge in [0.2, 0.25) is 5.69 Å². The van der Waals surface area contributed by atoms with Gasteiger partial charge in [0, 0.05) is 63.2 Å². The van der Waals surface area contributed by atoms with E-state index in [9.17, 15) is 19.8 Å². The normalized spacial score (nSPS) is 17.3. The van der Waals surface area contributed by atoms with E-state index in [1.165, 1.54) is 63.8 Å². The van der Waals surface area contributed by atoms with Gasteiger partial charge in [-0.3, -0.25) is 4.79 Å². The smallest absolute Gasteiger partial charge is 0.335 e. The Balaban J connectivity index is 0.965. The minimum Gasteiger partial charge on any atom is -0.871 e. The van der Waals surface area contributed by atoms with Crippen molar-refractivity contribution in [3.05, 3.63) is 195 Å². The maximum absolute atomic E-state index is 13.8. The number of aromatic carboxylic acids is 1. The molecule has 0 unspecified atom stereocenters. The lowest BCUT2D eigenvalue weighted by Gasteiger charge is -2.30. The topological polar surface area (TPSA) is 83.7 Å². The van der Waals surface area contributed by atoms with Gasteiger partial charge in [-0.2, -0.15) is 4.58 Å². The Hall–Kier alpha value is -7.05. The first-order valence-corrected chi connectivity index (χ1v) is 24.4. The summed E-state index contributed by atoms with van der Waals surface area (Å²) in [5, 5.41) is 23.7. The monoisotopic (exact) mass is 896 g/mol. The zero-order valence-corrected chi connectivity index (χ0v) is 40.4. The van der Waals surface area contributed by atoms with Gasteiger partial charge in [-0.25, -0.2) is 4.79 Å². The van der Waals surface area contributed by atoms with Crippen LogP contribution in [0.25, 0.3) is 28.3 Å². The Morgan fingerprint density at radius 1 is 0.603 bits per heavy atom. The van der Waals surface area contributed by atoms with Gasteiger partial charge in [0.15, 0.2) is 11.5 Å². The number of benzene rings is 6. The van der Waals surface area contributed by atoms with E-state index in [-0.39, 0.29) is 39.1 Å². The molecule has 0 saturated heterocycles. The van der Waals surface area contributed by atoms with Crippen molar-refractivity contribution in [2.24, 2.45) is 0 Å². The fraction of sp³-hybridized carbons (Fsp3) is 0.274. The number of nitrogens with zero attached hydrogens (tertiary/aromatic N) is 2. The van der Waals surface area contributed by atoms with Crippen LogP contribution in [0.4, 0.5) is 22.7 Å². The molecule has 6 heteroatoms. The van der Waals surface area contributed by atoms with Gasteiger partial charge in [-0.05, 0) is 119 Å². The largest absolute Gasteiger partial charge is 0.871 e. The molecule has 6 aromatic rings. The van der Waals surface area contributed by atoms with Crippen LogP contribution in [0, 0.1) is 0 Å². The van der Waals surface area contributed by atoms with Crippen molar-refractivity contribution in [3.8, 4) is 22.3 Å². The summed E-state index contributed by atoms with van der Waals surface area (Å²) in [5.74, 6) is -1.53. The summed E-state index contributed by atoms with van der Waals surface area (Å²) in [6, 6.07) is 44.8. The molecule has 6 nitrogen and oxygen atoms in total. The first-order chi connectivity index (χ1) is 32.6. The predicted molar refractivity (Wildman–Crippen MR) is 275 cm³/mol. The van der Waals surface area contributed by atoms with Gasteiger partial charge in [0.25, 0.3) is 0 Å². The second kappa shape index (κ2) is 16.9. The average molecular weight is 897 g/mol. The second-order valence-electron chi connectivity index (χ2n) is 20.7. The standard InChI is InChI=1S/C62H60N2O4/c1-8-9-10-11-12-17-34-63-55-33-25-40(59(67)68)35-54(55)62(6,7)56(63)38-49-57(65)48(58(49)66)30-24-39-22-26-41(27-23-39)64(42-28-31-46-44-18-13-15-20-50(44)60(2,3)52(46)36-42)43-29-32-47-45-19-14-16-21-51(45)61(4,5)53(47)37-43/h13-16,18-33,35-38H,8-12,17,34H2,1-7H3,(H-,65,66,67,68). The molecule has 0 spiro atoms. The summed E-state index contributed by atoms with van der Waals surface area (Å²) in [7, 11) is 0. The predicted octanol–water partition coefficient (Wildman–Crippen LogP) is 14.0. The van der Waals surface area contributed by atoms with Crippen molar-refractivity contribution < 1.29 is 24.4 Å². The zero-order valence-electron chi connectivity index (χ0n) is 40.4. The Labute approximate surface area is 401 Å². The van der Waals surface area contributed by atoms with E-state index in [2.05, 4.69) is 141 Å². The first-order valence-electron chi connectivity index (χ1n) is 24.4. The molecule has 0 saturated carbocycles. The molecule has 0 fully saturated rings. The molecule has 0 bridgehead atoms. The minimum atomic E-state index is -0.982. The maximum atomic E-state index is 13.8. The number of anilines is 3. The molecule has 4 aliphatic rings. The van der Waals surface area contributed by atoms with Crippen LogP contribution < -0.4 is 10.0 Å². The van der Waals surface area contributed by atoms with Gasteiger partial charge in [-0.1, -0.05) is 151 Å². The number of Topliss-reactive ketones (excluding diaryl/α,β-unsaturated/α-hetero) is 1. The Morgan fingerprint density at radius 3 is 1.72 bits per heavy atom. The molecule has 0 atom stereocenters. The third-order valence-electron chi connectivity index (χ3n) is 15.4. The van der Waals surface area contributed by atoms with Crippen LogP contribution in [0.3, 0.4) is 0 Å². The maximum Gasteiger partial charge on any atom is 0.335 e. The number of rotatable bonds is 14. The number of hydrogen-bond acceptors (Lipinski definition) is 4. The van der Waals surface area contributed by atoms with Crippen LogP contribution in [0.1, 0.15) is 131 Å². The number of hydrogen-bond donors (Lipinski definition) is 1. The fourth-order valence-corrected chi connectivity index (χ4v) is 11.4. The Bertz CT molecular complexity index is 3090.